The van der Waals surface area contributed by atoms with Crippen molar-refractivity contribution in [2.45, 2.75) is 51.4 Å². The molecule has 0 bridgehead atoms. The van der Waals surface area contributed by atoms with E-state index in [9.17, 15) is 4.79 Å². The Morgan fingerprint density at radius 1 is 1.39 bits per heavy atom. The Bertz CT molecular complexity index is 260. The van der Waals surface area contributed by atoms with E-state index in [2.05, 4.69) is 5.32 Å². The minimum Gasteiger partial charge on any atom is -0.465 e. The maximum absolute atomic E-state index is 12.2. The van der Waals surface area contributed by atoms with Crippen molar-refractivity contribution < 1.29 is 19.0 Å². The van der Waals surface area contributed by atoms with Crippen molar-refractivity contribution in [3.63, 3.8) is 0 Å². The lowest BCUT2D eigenvalue weighted by atomic mass is 9.84. The Balaban J connectivity index is 2.75. The summed E-state index contributed by atoms with van der Waals surface area (Å²) in [6, 6.07) is 0. The molecule has 1 aliphatic heterocycles. The molecule has 1 N–H and O–H groups in total. The summed E-state index contributed by atoms with van der Waals surface area (Å²) in [5.74, 6) is -0.178. The number of ether oxygens (including phenoxy) is 3. The summed E-state index contributed by atoms with van der Waals surface area (Å²) in [4.78, 5) is 12.2. The Morgan fingerprint density at radius 3 is 2.50 bits per heavy atom. The lowest BCUT2D eigenvalue weighted by Gasteiger charge is -2.41. The standard InChI is InChI=1S/C13H25NO4/c1-5-17-12(15)13(14-6-7-16-4)8-10(2)18-11(3)9-13/h10-11,14H,5-9H2,1-4H3. The van der Waals surface area contributed by atoms with Gasteiger partial charge in [-0.15, -0.1) is 0 Å². The zero-order chi connectivity index (χ0) is 13.6. The zero-order valence-corrected chi connectivity index (χ0v) is 11.8. The summed E-state index contributed by atoms with van der Waals surface area (Å²) in [5, 5.41) is 3.30. The van der Waals surface area contributed by atoms with Gasteiger partial charge in [0.05, 0.1) is 25.4 Å². The van der Waals surface area contributed by atoms with Crippen LogP contribution in [0.4, 0.5) is 0 Å². The molecule has 1 rings (SSSR count). The van der Waals surface area contributed by atoms with Crippen molar-refractivity contribution in [2.75, 3.05) is 26.9 Å². The second-order valence-corrected chi connectivity index (χ2v) is 4.89. The van der Waals surface area contributed by atoms with Crippen LogP contribution in [-0.4, -0.2) is 50.6 Å². The minimum absolute atomic E-state index is 0.0493. The first kappa shape index (κ1) is 15.4. The number of hydrogen-bond acceptors (Lipinski definition) is 5. The molecule has 0 aromatic carbocycles. The number of hydrogen-bond donors (Lipinski definition) is 1. The average molecular weight is 259 g/mol. The summed E-state index contributed by atoms with van der Waals surface area (Å²) >= 11 is 0. The smallest absolute Gasteiger partial charge is 0.326 e. The molecule has 0 aliphatic carbocycles. The van der Waals surface area contributed by atoms with Crippen molar-refractivity contribution in [3.05, 3.63) is 0 Å². The first-order valence-corrected chi connectivity index (χ1v) is 6.60. The number of methoxy groups -OCH3 is 1. The molecule has 5 heteroatoms. The molecule has 0 spiro atoms. The van der Waals surface area contributed by atoms with Crippen molar-refractivity contribution >= 4 is 5.97 Å². The highest BCUT2D eigenvalue weighted by molar-refractivity contribution is 5.81. The molecule has 1 fully saturated rings. The van der Waals surface area contributed by atoms with E-state index in [0.29, 0.717) is 32.6 Å². The number of esters is 1. The first-order valence-electron chi connectivity index (χ1n) is 6.60. The highest BCUT2D eigenvalue weighted by Gasteiger charge is 2.45. The van der Waals surface area contributed by atoms with E-state index >= 15 is 0 Å². The normalized spacial score (nSPS) is 32.2. The average Bonchev–Trinajstić information content (AvgIpc) is 2.28. The van der Waals surface area contributed by atoms with Gasteiger partial charge in [0, 0.05) is 26.5 Å². The monoisotopic (exact) mass is 259 g/mol. The van der Waals surface area contributed by atoms with Crippen molar-refractivity contribution in [1.29, 1.82) is 0 Å². The third-order valence-corrected chi connectivity index (χ3v) is 3.17. The predicted molar refractivity (Wildman–Crippen MR) is 68.5 cm³/mol. The molecule has 0 radical (unpaired) electrons. The van der Waals surface area contributed by atoms with Gasteiger partial charge in [-0.1, -0.05) is 0 Å². The first-order chi connectivity index (χ1) is 8.54. The van der Waals surface area contributed by atoms with Crippen molar-refractivity contribution in [2.24, 2.45) is 0 Å². The van der Waals surface area contributed by atoms with Gasteiger partial charge in [-0.05, 0) is 20.8 Å². The number of rotatable bonds is 6. The zero-order valence-electron chi connectivity index (χ0n) is 11.8. The van der Waals surface area contributed by atoms with Gasteiger partial charge in [-0.25, -0.2) is 0 Å². The molecule has 2 atom stereocenters. The summed E-state index contributed by atoms with van der Waals surface area (Å²) in [5.41, 5.74) is -0.633. The molecule has 2 unspecified atom stereocenters. The summed E-state index contributed by atoms with van der Waals surface area (Å²) in [6.45, 7) is 7.41. The van der Waals surface area contributed by atoms with Crippen LogP contribution in [-0.2, 0) is 19.0 Å². The van der Waals surface area contributed by atoms with Gasteiger partial charge in [-0.3, -0.25) is 10.1 Å². The molecule has 1 aliphatic rings. The van der Waals surface area contributed by atoms with Crippen molar-refractivity contribution in [3.8, 4) is 0 Å². The van der Waals surface area contributed by atoms with E-state index in [-0.39, 0.29) is 18.2 Å². The Kier molecular flexibility index (Phi) is 6.05. The highest BCUT2D eigenvalue weighted by Crippen LogP contribution is 2.30. The number of nitrogens with one attached hydrogen (secondary N) is 1. The van der Waals surface area contributed by atoms with Gasteiger partial charge in [0.25, 0.3) is 0 Å². The molecule has 0 saturated carbocycles. The van der Waals surface area contributed by atoms with Crippen LogP contribution in [0, 0.1) is 0 Å². The van der Waals surface area contributed by atoms with Crippen LogP contribution in [0.15, 0.2) is 0 Å². The van der Waals surface area contributed by atoms with Crippen molar-refractivity contribution in [1.82, 2.24) is 5.32 Å². The van der Waals surface area contributed by atoms with Gasteiger partial charge in [0.2, 0.25) is 0 Å². The van der Waals surface area contributed by atoms with Crippen LogP contribution in [0.2, 0.25) is 0 Å². The number of carbonyl (C=O) groups excluding carboxylic acids is 1. The van der Waals surface area contributed by atoms with Crippen LogP contribution in [0.1, 0.15) is 33.6 Å². The molecular formula is C13H25NO4. The molecule has 0 amide bonds. The van der Waals surface area contributed by atoms with Gasteiger partial charge in [0.15, 0.2) is 0 Å². The summed E-state index contributed by atoms with van der Waals surface area (Å²) in [7, 11) is 1.65. The minimum atomic E-state index is -0.633. The summed E-state index contributed by atoms with van der Waals surface area (Å²) < 4.78 is 15.9. The van der Waals surface area contributed by atoms with E-state index in [1.165, 1.54) is 0 Å². The van der Waals surface area contributed by atoms with Gasteiger partial charge >= 0.3 is 5.97 Å². The second kappa shape index (κ2) is 7.07. The Hall–Kier alpha value is -0.650. The van der Waals surface area contributed by atoms with Gasteiger partial charge in [-0.2, -0.15) is 0 Å². The maximum atomic E-state index is 12.2. The molecule has 106 valence electrons. The molecule has 1 saturated heterocycles. The molecule has 1 heterocycles. The molecule has 5 nitrogen and oxygen atoms in total. The Labute approximate surface area is 109 Å². The molecule has 0 aromatic rings. The number of carbonyl (C=O) groups is 1. The Morgan fingerprint density at radius 2 is 2.00 bits per heavy atom. The van der Waals surface area contributed by atoms with Crippen LogP contribution in [0.3, 0.4) is 0 Å². The van der Waals surface area contributed by atoms with Crippen LogP contribution in [0.5, 0.6) is 0 Å². The molecule has 0 aromatic heterocycles. The lowest BCUT2D eigenvalue weighted by molar-refractivity contribution is -0.162. The molecular weight excluding hydrogens is 234 g/mol. The fraction of sp³-hybridized carbons (Fsp3) is 0.923. The lowest BCUT2D eigenvalue weighted by Crippen LogP contribution is -2.60. The van der Waals surface area contributed by atoms with Crippen LogP contribution in [0.25, 0.3) is 0 Å². The van der Waals surface area contributed by atoms with Gasteiger partial charge in [0.1, 0.15) is 5.54 Å². The van der Waals surface area contributed by atoms with E-state index in [1.54, 1.807) is 7.11 Å². The third kappa shape index (κ3) is 3.93. The van der Waals surface area contributed by atoms with E-state index in [0.717, 1.165) is 0 Å². The second-order valence-electron chi connectivity index (χ2n) is 4.89. The van der Waals surface area contributed by atoms with E-state index in [4.69, 9.17) is 14.2 Å². The topological polar surface area (TPSA) is 56.8 Å². The highest BCUT2D eigenvalue weighted by atomic mass is 16.5. The quantitative estimate of drug-likeness (QED) is 0.572. The SMILES string of the molecule is CCOC(=O)C1(NCCOC)CC(C)OC(C)C1. The van der Waals surface area contributed by atoms with E-state index < -0.39 is 5.54 Å². The van der Waals surface area contributed by atoms with Crippen LogP contribution < -0.4 is 5.32 Å². The fourth-order valence-electron chi connectivity index (χ4n) is 2.60. The van der Waals surface area contributed by atoms with Gasteiger partial charge < -0.3 is 14.2 Å². The molecule has 18 heavy (non-hydrogen) atoms. The third-order valence-electron chi connectivity index (χ3n) is 3.17. The van der Waals surface area contributed by atoms with Crippen LogP contribution >= 0.6 is 0 Å². The van der Waals surface area contributed by atoms with E-state index in [1.807, 2.05) is 20.8 Å². The predicted octanol–water partition coefficient (Wildman–Crippen LogP) is 1.11. The summed E-state index contributed by atoms with van der Waals surface area (Å²) in [6.07, 6.45) is 1.38. The largest absolute Gasteiger partial charge is 0.465 e. The maximum Gasteiger partial charge on any atom is 0.326 e. The fourth-order valence-corrected chi connectivity index (χ4v) is 2.60.